The van der Waals surface area contributed by atoms with Gasteiger partial charge in [-0.2, -0.15) is 0 Å². The Morgan fingerprint density at radius 3 is 1.65 bits per heavy atom. The Kier molecular flexibility index (Phi) is 7.23. The second-order valence-electron chi connectivity index (χ2n) is 6.24. The third-order valence-electron chi connectivity index (χ3n) is 4.05. The zero-order valence-electron chi connectivity index (χ0n) is 15.7. The first kappa shape index (κ1) is 23.1. The molecule has 0 aliphatic rings. The first-order valence-corrected chi connectivity index (χ1v) is 10.2. The molecule has 31 heavy (non-hydrogen) atoms. The number of hydrogen-bond donors (Lipinski definition) is 0. The molecule has 0 spiro atoms. The van der Waals surface area contributed by atoms with Crippen molar-refractivity contribution in [3.63, 3.8) is 0 Å². The van der Waals surface area contributed by atoms with Gasteiger partial charge in [0, 0.05) is 10.0 Å². The van der Waals surface area contributed by atoms with Gasteiger partial charge in [-0.3, -0.25) is 4.79 Å². The van der Waals surface area contributed by atoms with Crippen LogP contribution in [-0.2, 0) is 0 Å². The van der Waals surface area contributed by atoms with Crippen LogP contribution in [0.5, 0.6) is 11.5 Å². The van der Waals surface area contributed by atoms with Crippen molar-refractivity contribution in [2.75, 3.05) is 0 Å². The standard InChI is InChI=1S/C22H12Cl4O5/c1-11(27)17-10-14(30-21(28)15-5-2-12(23)8-18(15)25)4-7-20(17)31-22(29)16-6-3-13(24)9-19(16)26/h2-10H,1H3. The van der Waals surface area contributed by atoms with E-state index >= 15 is 0 Å². The molecule has 0 unspecified atom stereocenters. The average molecular weight is 498 g/mol. The molecule has 0 radical (unpaired) electrons. The lowest BCUT2D eigenvalue weighted by molar-refractivity contribution is 0.0716. The molecule has 3 aromatic rings. The SMILES string of the molecule is CC(=O)c1cc(OC(=O)c2ccc(Cl)cc2Cl)ccc1OC(=O)c1ccc(Cl)cc1Cl. The largest absolute Gasteiger partial charge is 0.423 e. The van der Waals surface area contributed by atoms with Gasteiger partial charge in [0.25, 0.3) is 0 Å². The molecule has 0 aromatic heterocycles. The first-order chi connectivity index (χ1) is 14.7. The Hall–Kier alpha value is -2.57. The number of esters is 2. The lowest BCUT2D eigenvalue weighted by Crippen LogP contribution is -2.13. The normalized spacial score (nSPS) is 10.5. The van der Waals surface area contributed by atoms with Gasteiger partial charge in [-0.15, -0.1) is 0 Å². The van der Waals surface area contributed by atoms with E-state index in [1.165, 1.54) is 61.5 Å². The molecule has 3 aromatic carbocycles. The fourth-order valence-corrected chi connectivity index (χ4v) is 3.53. The molecule has 0 fully saturated rings. The van der Waals surface area contributed by atoms with Crippen LogP contribution in [0.15, 0.2) is 54.6 Å². The van der Waals surface area contributed by atoms with Crippen LogP contribution in [0.2, 0.25) is 20.1 Å². The number of Topliss-reactive ketones (excluding diaryl/α,β-unsaturated/α-hetero) is 1. The fourth-order valence-electron chi connectivity index (χ4n) is 2.56. The van der Waals surface area contributed by atoms with Gasteiger partial charge < -0.3 is 9.47 Å². The molecule has 0 saturated carbocycles. The smallest absolute Gasteiger partial charge is 0.345 e. The van der Waals surface area contributed by atoms with Crippen LogP contribution < -0.4 is 9.47 Å². The van der Waals surface area contributed by atoms with Crippen LogP contribution in [-0.4, -0.2) is 17.7 Å². The third kappa shape index (κ3) is 5.57. The zero-order valence-corrected chi connectivity index (χ0v) is 18.8. The van der Waals surface area contributed by atoms with Crippen molar-refractivity contribution in [2.24, 2.45) is 0 Å². The first-order valence-electron chi connectivity index (χ1n) is 8.65. The molecule has 158 valence electrons. The van der Waals surface area contributed by atoms with E-state index in [4.69, 9.17) is 55.9 Å². The molecule has 0 N–H and O–H groups in total. The number of rotatable bonds is 5. The molecule has 0 saturated heterocycles. The van der Waals surface area contributed by atoms with Crippen molar-refractivity contribution in [1.82, 2.24) is 0 Å². The number of halogens is 4. The van der Waals surface area contributed by atoms with Crippen LogP contribution in [0.25, 0.3) is 0 Å². The van der Waals surface area contributed by atoms with Crippen molar-refractivity contribution in [3.8, 4) is 11.5 Å². The number of hydrogen-bond acceptors (Lipinski definition) is 5. The number of benzene rings is 3. The van der Waals surface area contributed by atoms with E-state index in [1.807, 2.05) is 0 Å². The van der Waals surface area contributed by atoms with Gasteiger partial charge in [-0.05, 0) is 61.5 Å². The van der Waals surface area contributed by atoms with E-state index < -0.39 is 17.7 Å². The summed E-state index contributed by atoms with van der Waals surface area (Å²) in [5, 5.41) is 0.951. The molecule has 0 bridgehead atoms. The average Bonchev–Trinajstić information content (AvgIpc) is 2.68. The summed E-state index contributed by atoms with van der Waals surface area (Å²) in [6, 6.07) is 12.6. The summed E-state index contributed by atoms with van der Waals surface area (Å²) >= 11 is 23.7. The minimum atomic E-state index is -0.776. The highest BCUT2D eigenvalue weighted by Gasteiger charge is 2.19. The van der Waals surface area contributed by atoms with E-state index in [2.05, 4.69) is 0 Å². The van der Waals surface area contributed by atoms with E-state index in [0.29, 0.717) is 10.0 Å². The quantitative estimate of drug-likeness (QED) is 0.217. The van der Waals surface area contributed by atoms with E-state index in [9.17, 15) is 14.4 Å². The maximum atomic E-state index is 12.5. The molecule has 9 heteroatoms. The minimum Gasteiger partial charge on any atom is -0.423 e. The predicted octanol–water partition coefficient (Wildman–Crippen LogP) is 6.94. The number of carbonyl (C=O) groups excluding carboxylic acids is 3. The lowest BCUT2D eigenvalue weighted by atomic mass is 10.1. The third-order valence-corrected chi connectivity index (χ3v) is 5.14. The second kappa shape index (κ2) is 9.71. The van der Waals surface area contributed by atoms with Crippen molar-refractivity contribution in [3.05, 3.63) is 91.4 Å². The minimum absolute atomic E-state index is 0.0205. The number of carbonyl (C=O) groups is 3. The summed E-state index contributed by atoms with van der Waals surface area (Å²) in [4.78, 5) is 36.9. The van der Waals surface area contributed by atoms with Crippen molar-refractivity contribution in [1.29, 1.82) is 0 Å². The Labute approximate surface area is 197 Å². The molecular formula is C22H12Cl4O5. The van der Waals surface area contributed by atoms with Crippen molar-refractivity contribution >= 4 is 64.1 Å². The van der Waals surface area contributed by atoms with Gasteiger partial charge >= 0.3 is 11.9 Å². The summed E-state index contributed by atoms with van der Waals surface area (Å²) in [5.74, 6) is -1.89. The molecule has 0 aliphatic heterocycles. The molecular weight excluding hydrogens is 486 g/mol. The van der Waals surface area contributed by atoms with Crippen LogP contribution in [0.3, 0.4) is 0 Å². The molecule has 5 nitrogen and oxygen atoms in total. The topological polar surface area (TPSA) is 69.7 Å². The highest BCUT2D eigenvalue weighted by atomic mass is 35.5. The number of ketones is 1. The molecule has 0 amide bonds. The Balaban J connectivity index is 1.85. The monoisotopic (exact) mass is 496 g/mol. The summed E-state index contributed by atoms with van der Waals surface area (Å²) in [7, 11) is 0. The molecule has 3 rings (SSSR count). The number of ether oxygens (including phenoxy) is 2. The maximum absolute atomic E-state index is 12.5. The van der Waals surface area contributed by atoms with Crippen molar-refractivity contribution in [2.45, 2.75) is 6.92 Å². The maximum Gasteiger partial charge on any atom is 0.345 e. The summed E-state index contributed by atoms with van der Waals surface area (Å²) in [6.45, 7) is 1.28. The van der Waals surface area contributed by atoms with Crippen LogP contribution in [0.1, 0.15) is 38.0 Å². The highest BCUT2D eigenvalue weighted by Crippen LogP contribution is 2.29. The fraction of sp³-hybridized carbons (Fsp3) is 0.0455. The summed E-state index contributed by atoms with van der Waals surface area (Å²) < 4.78 is 10.6. The lowest BCUT2D eigenvalue weighted by Gasteiger charge is -2.12. The Bertz CT molecular complexity index is 1210. The summed E-state index contributed by atoms with van der Waals surface area (Å²) in [5.41, 5.74) is 0.211. The van der Waals surface area contributed by atoms with Crippen molar-refractivity contribution < 1.29 is 23.9 Å². The van der Waals surface area contributed by atoms with Gasteiger partial charge in [0.15, 0.2) is 5.78 Å². The molecule has 0 heterocycles. The van der Waals surface area contributed by atoms with Gasteiger partial charge in [0.05, 0.1) is 26.7 Å². The van der Waals surface area contributed by atoms with Gasteiger partial charge in [-0.25, -0.2) is 9.59 Å². The van der Waals surface area contributed by atoms with Crippen LogP contribution in [0, 0.1) is 0 Å². The van der Waals surface area contributed by atoms with E-state index in [-0.39, 0.29) is 38.2 Å². The Morgan fingerprint density at radius 2 is 1.16 bits per heavy atom. The molecule has 0 atom stereocenters. The van der Waals surface area contributed by atoms with Gasteiger partial charge in [-0.1, -0.05) is 46.4 Å². The van der Waals surface area contributed by atoms with E-state index in [1.54, 1.807) is 0 Å². The van der Waals surface area contributed by atoms with Gasteiger partial charge in [0.2, 0.25) is 0 Å². The Morgan fingerprint density at radius 1 is 0.645 bits per heavy atom. The van der Waals surface area contributed by atoms with E-state index in [0.717, 1.165) is 0 Å². The second-order valence-corrected chi connectivity index (χ2v) is 7.93. The van der Waals surface area contributed by atoms with Crippen LogP contribution in [0.4, 0.5) is 0 Å². The molecule has 0 aliphatic carbocycles. The summed E-state index contributed by atoms with van der Waals surface area (Å²) in [6.07, 6.45) is 0. The van der Waals surface area contributed by atoms with Crippen LogP contribution >= 0.6 is 46.4 Å². The highest BCUT2D eigenvalue weighted by molar-refractivity contribution is 6.37. The predicted molar refractivity (Wildman–Crippen MR) is 119 cm³/mol. The van der Waals surface area contributed by atoms with Gasteiger partial charge in [0.1, 0.15) is 11.5 Å². The zero-order chi connectivity index (χ0) is 22.7.